The Bertz CT molecular complexity index is 928. The molecule has 0 aromatic rings. The number of carbonyl (C=O) groups is 5. The van der Waals surface area contributed by atoms with Crippen molar-refractivity contribution in [2.24, 2.45) is 23.2 Å². The Morgan fingerprint density at radius 3 is 2.37 bits per heavy atom. The number of amides is 4. The number of ketones is 1. The fourth-order valence-corrected chi connectivity index (χ4v) is 6.37. The van der Waals surface area contributed by atoms with Gasteiger partial charge in [0.05, 0.1) is 12.6 Å². The van der Waals surface area contributed by atoms with Gasteiger partial charge >= 0.3 is 6.09 Å². The molecule has 4 amide bonds. The van der Waals surface area contributed by atoms with Gasteiger partial charge in [-0.3, -0.25) is 19.2 Å². The third-order valence-corrected chi connectivity index (χ3v) is 8.54. The molecule has 10 nitrogen and oxygen atoms in total. The molecule has 5 atom stereocenters. The number of likely N-dealkylation sites (tertiary alicyclic amines) is 1. The highest BCUT2D eigenvalue weighted by Crippen LogP contribution is 2.65. The summed E-state index contributed by atoms with van der Waals surface area (Å²) in [6.07, 6.45) is 6.42. The topological polar surface area (TPSA) is 134 Å². The smallest absolute Gasteiger partial charge is 0.407 e. The number of ether oxygens (including phenoxy) is 1. The van der Waals surface area contributed by atoms with Crippen LogP contribution in [0.15, 0.2) is 12.7 Å². The zero-order valence-corrected chi connectivity index (χ0v) is 23.2. The van der Waals surface area contributed by atoms with Crippen LogP contribution < -0.4 is 16.0 Å². The average molecular weight is 533 g/mol. The first kappa shape index (κ1) is 29.6. The summed E-state index contributed by atoms with van der Waals surface area (Å²) in [5.41, 5.74) is -0.126. The van der Waals surface area contributed by atoms with Crippen LogP contribution in [0.2, 0.25) is 0 Å². The number of fused-ring (bicyclic) bond motifs is 1. The van der Waals surface area contributed by atoms with Crippen LogP contribution in [-0.2, 0) is 23.9 Å². The third kappa shape index (κ3) is 6.38. The van der Waals surface area contributed by atoms with Crippen LogP contribution in [0.4, 0.5) is 4.79 Å². The number of carbonyl (C=O) groups excluding carboxylic acids is 5. The van der Waals surface area contributed by atoms with E-state index in [4.69, 9.17) is 4.74 Å². The van der Waals surface area contributed by atoms with Gasteiger partial charge in [0, 0.05) is 13.1 Å². The average Bonchev–Trinajstić information content (AvgIpc) is 3.22. The van der Waals surface area contributed by atoms with Crippen LogP contribution >= 0.6 is 0 Å². The molecule has 1 saturated heterocycles. The first-order chi connectivity index (χ1) is 18.1. The molecule has 2 aliphatic carbocycles. The zero-order valence-electron chi connectivity index (χ0n) is 23.2. The number of rotatable bonds is 12. The van der Waals surface area contributed by atoms with E-state index in [0.29, 0.717) is 19.4 Å². The van der Waals surface area contributed by atoms with Crippen LogP contribution in [0.25, 0.3) is 0 Å². The van der Waals surface area contributed by atoms with Crippen LogP contribution in [-0.4, -0.2) is 72.3 Å². The monoisotopic (exact) mass is 532 g/mol. The van der Waals surface area contributed by atoms with Gasteiger partial charge in [-0.1, -0.05) is 52.5 Å². The van der Waals surface area contributed by atoms with E-state index < -0.39 is 41.8 Å². The lowest BCUT2D eigenvalue weighted by atomic mass is 9.83. The van der Waals surface area contributed by atoms with Crippen LogP contribution in [0, 0.1) is 23.2 Å². The Hall–Kier alpha value is -2.91. The minimum absolute atomic E-state index is 0.0303. The van der Waals surface area contributed by atoms with E-state index in [2.05, 4.69) is 36.4 Å². The highest BCUT2D eigenvalue weighted by atomic mass is 16.5. The molecule has 212 valence electrons. The molecule has 2 saturated carbocycles. The van der Waals surface area contributed by atoms with Gasteiger partial charge in [0.15, 0.2) is 0 Å². The summed E-state index contributed by atoms with van der Waals surface area (Å²) in [5, 5.41) is 8.06. The summed E-state index contributed by atoms with van der Waals surface area (Å²) in [7, 11) is 0. The Kier molecular flexibility index (Phi) is 9.95. The third-order valence-electron chi connectivity index (χ3n) is 8.54. The second kappa shape index (κ2) is 12.8. The second-order valence-corrected chi connectivity index (χ2v) is 11.3. The van der Waals surface area contributed by atoms with Gasteiger partial charge in [0.2, 0.25) is 17.6 Å². The van der Waals surface area contributed by atoms with Crippen LogP contribution in [0.3, 0.4) is 0 Å². The summed E-state index contributed by atoms with van der Waals surface area (Å²) < 4.78 is 5.09. The lowest BCUT2D eigenvalue weighted by molar-refractivity contribution is -0.145. The molecule has 3 rings (SSSR count). The van der Waals surface area contributed by atoms with Crippen LogP contribution in [0.5, 0.6) is 0 Å². The summed E-state index contributed by atoms with van der Waals surface area (Å²) >= 11 is 0. The van der Waals surface area contributed by atoms with E-state index in [1.54, 1.807) is 11.8 Å². The maximum Gasteiger partial charge on any atom is 0.407 e. The van der Waals surface area contributed by atoms with Crippen molar-refractivity contribution in [1.82, 2.24) is 20.9 Å². The van der Waals surface area contributed by atoms with E-state index in [9.17, 15) is 24.0 Å². The predicted octanol–water partition coefficient (Wildman–Crippen LogP) is 2.32. The van der Waals surface area contributed by atoms with Crippen molar-refractivity contribution in [3.05, 3.63) is 12.7 Å². The minimum atomic E-state index is -0.984. The fourth-order valence-electron chi connectivity index (χ4n) is 6.37. The van der Waals surface area contributed by atoms with Gasteiger partial charge in [0.25, 0.3) is 5.91 Å². The molecule has 0 spiro atoms. The zero-order chi connectivity index (χ0) is 28.0. The van der Waals surface area contributed by atoms with E-state index in [0.717, 1.165) is 32.1 Å². The van der Waals surface area contributed by atoms with E-state index in [-0.39, 0.29) is 42.2 Å². The predicted molar refractivity (Wildman–Crippen MR) is 142 cm³/mol. The quantitative estimate of drug-likeness (QED) is 0.261. The number of nitrogens with one attached hydrogen (secondary N) is 3. The Balaban J connectivity index is 1.82. The Morgan fingerprint density at radius 2 is 1.76 bits per heavy atom. The molecule has 0 aromatic heterocycles. The standard InChI is InChI=1S/C28H44N4O6/c1-6-12-19(23(33)25(35)29-15-7-2)30-24(34)22-20-18(28(20,4)5)16-32(22)26(36)21(31-27(37)38-8-3)17-13-10-9-11-14-17/h7,17-22H,2,6,8-16H2,1,3-5H3,(H,29,35)(H,30,34)(H,31,37)/t18-,19?,20-,21?,22-/m0/s1. The molecular formula is C28H44N4O6. The molecule has 0 aromatic carbocycles. The highest BCUT2D eigenvalue weighted by Gasteiger charge is 2.69. The summed E-state index contributed by atoms with van der Waals surface area (Å²) in [4.78, 5) is 66.8. The fraction of sp³-hybridized carbons (Fsp3) is 0.750. The molecule has 0 bridgehead atoms. The molecule has 1 heterocycles. The summed E-state index contributed by atoms with van der Waals surface area (Å²) in [5.74, 6) is -2.15. The Morgan fingerprint density at radius 1 is 1.08 bits per heavy atom. The molecular weight excluding hydrogens is 488 g/mol. The maximum atomic E-state index is 14.0. The van der Waals surface area contributed by atoms with Crippen molar-refractivity contribution in [1.29, 1.82) is 0 Å². The molecule has 0 radical (unpaired) electrons. The first-order valence-corrected chi connectivity index (χ1v) is 14.0. The molecule has 3 aliphatic rings. The number of hydrogen-bond donors (Lipinski definition) is 3. The molecule has 2 unspecified atom stereocenters. The van der Waals surface area contributed by atoms with Crippen molar-refractivity contribution in [2.75, 3.05) is 19.7 Å². The van der Waals surface area contributed by atoms with Gasteiger partial charge in [-0.15, -0.1) is 6.58 Å². The number of piperidine rings is 1. The van der Waals surface area contributed by atoms with Crippen molar-refractivity contribution >= 4 is 29.6 Å². The largest absolute Gasteiger partial charge is 0.450 e. The van der Waals surface area contributed by atoms with E-state index in [1.165, 1.54) is 6.08 Å². The van der Waals surface area contributed by atoms with Crippen molar-refractivity contribution in [3.63, 3.8) is 0 Å². The van der Waals surface area contributed by atoms with E-state index >= 15 is 0 Å². The SMILES string of the molecule is C=CCNC(=O)C(=O)C(CCC)NC(=O)[C@@H]1[C@@H]2[C@H](CN1C(=O)C(NC(=O)OCC)C1CCCCC1)C2(C)C. The summed E-state index contributed by atoms with van der Waals surface area (Å²) in [6, 6.07) is -2.54. The second-order valence-electron chi connectivity index (χ2n) is 11.3. The van der Waals surface area contributed by atoms with Gasteiger partial charge in [-0.25, -0.2) is 4.79 Å². The number of Topliss-reactive ketones (excluding diaryl/α,β-unsaturated/α-hetero) is 1. The van der Waals surface area contributed by atoms with Gasteiger partial charge in [0.1, 0.15) is 12.1 Å². The van der Waals surface area contributed by atoms with Crippen LogP contribution in [0.1, 0.15) is 72.6 Å². The lowest BCUT2D eigenvalue weighted by Crippen LogP contribution is -2.59. The van der Waals surface area contributed by atoms with E-state index in [1.807, 2.05) is 6.92 Å². The molecule has 1 aliphatic heterocycles. The minimum Gasteiger partial charge on any atom is -0.450 e. The van der Waals surface area contributed by atoms with Crippen molar-refractivity contribution in [2.45, 2.75) is 90.8 Å². The number of nitrogens with zero attached hydrogens (tertiary/aromatic N) is 1. The molecule has 3 N–H and O–H groups in total. The highest BCUT2D eigenvalue weighted by molar-refractivity contribution is 6.38. The molecule has 3 fully saturated rings. The van der Waals surface area contributed by atoms with Gasteiger partial charge in [-0.2, -0.15) is 0 Å². The summed E-state index contributed by atoms with van der Waals surface area (Å²) in [6.45, 7) is 12.0. The Labute approximate surface area is 225 Å². The molecule has 10 heteroatoms. The number of hydrogen-bond acceptors (Lipinski definition) is 6. The van der Waals surface area contributed by atoms with Crippen molar-refractivity contribution < 1.29 is 28.7 Å². The molecule has 38 heavy (non-hydrogen) atoms. The van der Waals surface area contributed by atoms with Gasteiger partial charge < -0.3 is 25.6 Å². The first-order valence-electron chi connectivity index (χ1n) is 14.0. The maximum absolute atomic E-state index is 14.0. The number of alkyl carbamates (subject to hydrolysis) is 1. The lowest BCUT2D eigenvalue weighted by Gasteiger charge is -2.37. The van der Waals surface area contributed by atoms with Crippen molar-refractivity contribution in [3.8, 4) is 0 Å². The normalized spacial score (nSPS) is 25.4. The van der Waals surface area contributed by atoms with Gasteiger partial charge in [-0.05, 0) is 49.4 Å².